The van der Waals surface area contributed by atoms with E-state index in [9.17, 15) is 8.78 Å². The van der Waals surface area contributed by atoms with Gasteiger partial charge in [0.05, 0.1) is 14.9 Å². The highest BCUT2D eigenvalue weighted by atomic mass is 32.1. The van der Waals surface area contributed by atoms with Crippen molar-refractivity contribution in [2.24, 2.45) is 4.99 Å². The van der Waals surface area contributed by atoms with Gasteiger partial charge in [-0.1, -0.05) is 55.2 Å². The van der Waals surface area contributed by atoms with Gasteiger partial charge in [-0.2, -0.15) is 4.99 Å². The second-order valence-electron chi connectivity index (χ2n) is 8.41. The second-order valence-corrected chi connectivity index (χ2v) is 10.8. The summed E-state index contributed by atoms with van der Waals surface area (Å²) in [5.41, 5.74) is 2.61. The number of fused-ring (bicyclic) bond motifs is 2. The van der Waals surface area contributed by atoms with Crippen LogP contribution in [-0.2, 0) is 6.42 Å². The lowest BCUT2D eigenvalue weighted by Gasteiger charge is -2.04. The smallest absolute Gasteiger partial charge is 0.160 e. The lowest BCUT2D eigenvalue weighted by Crippen LogP contribution is -1.87. The highest BCUT2D eigenvalue weighted by Crippen LogP contribution is 2.33. The molecule has 0 radical (unpaired) electrons. The van der Waals surface area contributed by atoms with Crippen molar-refractivity contribution in [2.75, 3.05) is 0 Å². The third kappa shape index (κ3) is 5.70. The van der Waals surface area contributed by atoms with Crippen molar-refractivity contribution in [1.29, 1.82) is 0 Å². The van der Waals surface area contributed by atoms with Crippen LogP contribution < -0.4 is 0 Å². The lowest BCUT2D eigenvalue weighted by atomic mass is 10.1. The first-order valence-electron chi connectivity index (χ1n) is 11.7. The molecule has 0 aliphatic heterocycles. The van der Waals surface area contributed by atoms with Crippen LogP contribution in [-0.4, -0.2) is 5.16 Å². The van der Waals surface area contributed by atoms with E-state index in [1.54, 1.807) is 40.9 Å². The largest absolute Gasteiger partial charge is 0.204 e. The molecule has 0 amide bonds. The summed E-state index contributed by atoms with van der Waals surface area (Å²) in [5, 5.41) is 2.69. The standard InChI is InChI=1S/C31H19F2NS3/c1-2-3-4-20-5-7-21(8-6-20)9-12-24-17-28-29(36-24)18-25(37-28)13-10-22-11-14-26-23(15-22)16-27(32)31(30(26)33)34-19-35/h5-8,11,14-18H,2-4H2,1H3. The first-order valence-corrected chi connectivity index (χ1v) is 13.7. The molecule has 37 heavy (non-hydrogen) atoms. The van der Waals surface area contributed by atoms with E-state index in [2.05, 4.69) is 84.2 Å². The Morgan fingerprint density at radius 3 is 2.11 bits per heavy atom. The van der Waals surface area contributed by atoms with Crippen LogP contribution in [0.3, 0.4) is 0 Å². The summed E-state index contributed by atoms with van der Waals surface area (Å²) in [5.74, 6) is 11.3. The van der Waals surface area contributed by atoms with Gasteiger partial charge in [-0.05, 0) is 78.5 Å². The van der Waals surface area contributed by atoms with Crippen molar-refractivity contribution < 1.29 is 8.78 Å². The van der Waals surface area contributed by atoms with Crippen molar-refractivity contribution in [3.63, 3.8) is 0 Å². The molecule has 0 spiro atoms. The number of thiophene rings is 2. The van der Waals surface area contributed by atoms with Crippen molar-refractivity contribution >= 4 is 65.9 Å². The molecule has 180 valence electrons. The van der Waals surface area contributed by atoms with E-state index in [4.69, 9.17) is 0 Å². The average molecular weight is 540 g/mol. The molecule has 2 heterocycles. The van der Waals surface area contributed by atoms with Gasteiger partial charge in [-0.25, -0.2) is 8.78 Å². The van der Waals surface area contributed by atoms with Crippen LogP contribution in [0.2, 0.25) is 0 Å². The molecule has 0 saturated heterocycles. The fraction of sp³-hybridized carbons (Fsp3) is 0.129. The molecular formula is C31H19F2NS3. The van der Waals surface area contributed by atoms with Gasteiger partial charge in [0.2, 0.25) is 0 Å². The van der Waals surface area contributed by atoms with Gasteiger partial charge >= 0.3 is 0 Å². The van der Waals surface area contributed by atoms with Gasteiger partial charge in [-0.3, -0.25) is 0 Å². The number of aliphatic imine (C=N–C) groups is 1. The molecule has 3 aromatic carbocycles. The topological polar surface area (TPSA) is 12.4 Å². The van der Waals surface area contributed by atoms with Crippen molar-refractivity contribution in [3.8, 4) is 23.7 Å². The van der Waals surface area contributed by atoms with E-state index in [1.165, 1.54) is 24.5 Å². The first-order chi connectivity index (χ1) is 18.0. The minimum absolute atomic E-state index is 0.258. The Morgan fingerprint density at radius 1 is 0.811 bits per heavy atom. The normalized spacial score (nSPS) is 10.5. The molecule has 1 nitrogen and oxygen atoms in total. The maximum absolute atomic E-state index is 14.6. The van der Waals surface area contributed by atoms with Crippen LogP contribution in [0.5, 0.6) is 0 Å². The maximum atomic E-state index is 14.6. The third-order valence-electron chi connectivity index (χ3n) is 5.80. The van der Waals surface area contributed by atoms with Gasteiger partial charge in [0, 0.05) is 25.9 Å². The fourth-order valence-corrected chi connectivity index (χ4v) is 6.10. The zero-order chi connectivity index (χ0) is 25.8. The minimum Gasteiger partial charge on any atom is -0.204 e. The Labute approximate surface area is 227 Å². The Kier molecular flexibility index (Phi) is 7.56. The Morgan fingerprint density at radius 2 is 1.46 bits per heavy atom. The summed E-state index contributed by atoms with van der Waals surface area (Å²) in [7, 11) is 0. The molecular weight excluding hydrogens is 521 g/mol. The molecule has 0 unspecified atom stereocenters. The number of benzene rings is 3. The van der Waals surface area contributed by atoms with Gasteiger partial charge in [-0.15, -0.1) is 22.7 Å². The van der Waals surface area contributed by atoms with Crippen LogP contribution in [0.1, 0.15) is 46.2 Å². The van der Waals surface area contributed by atoms with E-state index in [0.717, 1.165) is 31.1 Å². The second kappa shape index (κ2) is 11.2. The van der Waals surface area contributed by atoms with Crippen molar-refractivity contribution in [2.45, 2.75) is 26.2 Å². The van der Waals surface area contributed by atoms with Crippen LogP contribution in [0.4, 0.5) is 14.5 Å². The third-order valence-corrected chi connectivity index (χ3v) is 8.02. The zero-order valence-electron chi connectivity index (χ0n) is 19.8. The van der Waals surface area contributed by atoms with E-state index in [1.807, 2.05) is 5.16 Å². The number of aryl methyl sites for hydroxylation is 1. The number of halogens is 2. The number of rotatable bonds is 4. The summed E-state index contributed by atoms with van der Waals surface area (Å²) < 4.78 is 31.1. The van der Waals surface area contributed by atoms with Crippen molar-refractivity contribution in [1.82, 2.24) is 0 Å². The van der Waals surface area contributed by atoms with E-state index in [-0.39, 0.29) is 5.39 Å². The van der Waals surface area contributed by atoms with E-state index >= 15 is 0 Å². The average Bonchev–Trinajstić information content (AvgIpc) is 3.46. The predicted octanol–water partition coefficient (Wildman–Crippen LogP) is 9.27. The van der Waals surface area contributed by atoms with Gasteiger partial charge < -0.3 is 0 Å². The Bertz CT molecular complexity index is 1770. The number of hydrogen-bond donors (Lipinski definition) is 0. The monoisotopic (exact) mass is 539 g/mol. The molecule has 0 N–H and O–H groups in total. The molecule has 5 aromatic rings. The maximum Gasteiger partial charge on any atom is 0.160 e. The number of hydrogen-bond acceptors (Lipinski definition) is 4. The number of isothiocyanates is 1. The summed E-state index contributed by atoms with van der Waals surface area (Å²) in [4.78, 5) is 5.44. The number of nitrogens with zero attached hydrogens (tertiary/aromatic N) is 1. The summed E-state index contributed by atoms with van der Waals surface area (Å²) in [6.07, 6.45) is 3.51. The zero-order valence-corrected chi connectivity index (χ0v) is 22.3. The van der Waals surface area contributed by atoms with E-state index < -0.39 is 17.3 Å². The Hall–Kier alpha value is -3.64. The molecule has 2 aromatic heterocycles. The van der Waals surface area contributed by atoms with Gasteiger partial charge in [0.25, 0.3) is 0 Å². The molecule has 0 fully saturated rings. The molecule has 0 aliphatic carbocycles. The lowest BCUT2D eigenvalue weighted by molar-refractivity contribution is 0.596. The molecule has 0 bridgehead atoms. The molecule has 0 saturated carbocycles. The van der Waals surface area contributed by atoms with Crippen LogP contribution >= 0.6 is 34.9 Å². The number of thiocarbonyl (C=S) groups is 1. The van der Waals surface area contributed by atoms with Crippen molar-refractivity contribution in [3.05, 3.63) is 98.7 Å². The summed E-state index contributed by atoms with van der Waals surface area (Å²) >= 11 is 7.73. The minimum atomic E-state index is -0.783. The summed E-state index contributed by atoms with van der Waals surface area (Å²) in [6, 6.07) is 18.8. The predicted molar refractivity (Wildman–Crippen MR) is 155 cm³/mol. The fourth-order valence-electron chi connectivity index (χ4n) is 3.91. The molecule has 0 atom stereocenters. The van der Waals surface area contributed by atoms with Crippen LogP contribution in [0, 0.1) is 35.3 Å². The number of unbranched alkanes of at least 4 members (excludes halogenated alkanes) is 1. The first kappa shape index (κ1) is 25.0. The quantitative estimate of drug-likeness (QED) is 0.126. The molecule has 5 rings (SSSR count). The highest BCUT2D eigenvalue weighted by molar-refractivity contribution is 7.78. The summed E-state index contributed by atoms with van der Waals surface area (Å²) in [6.45, 7) is 2.20. The molecule has 0 aliphatic rings. The SMILES string of the molecule is CCCCc1ccc(C#Cc2cc3sc(C#Cc4ccc5c(F)c(N=C=S)c(F)cc5c4)cc3s2)cc1. The van der Waals surface area contributed by atoms with Gasteiger partial charge in [0.15, 0.2) is 11.6 Å². The van der Waals surface area contributed by atoms with Gasteiger partial charge in [0.1, 0.15) is 5.69 Å². The van der Waals surface area contributed by atoms with Crippen LogP contribution in [0.15, 0.2) is 65.7 Å². The van der Waals surface area contributed by atoms with E-state index in [0.29, 0.717) is 10.9 Å². The Balaban J connectivity index is 1.33. The van der Waals surface area contributed by atoms with Crippen LogP contribution in [0.25, 0.3) is 20.2 Å². The molecule has 6 heteroatoms. The highest BCUT2D eigenvalue weighted by Gasteiger charge is 2.13.